The smallest absolute Gasteiger partial charge is 0.393 e. The van der Waals surface area contributed by atoms with Crippen molar-refractivity contribution in [2.24, 2.45) is 0 Å². The fraction of sp³-hybridized carbons (Fsp3) is 0.600. The van der Waals surface area contributed by atoms with E-state index in [0.29, 0.717) is 19.3 Å². The number of aliphatic hydroxyl groups excluding tert-OH is 1. The quantitative estimate of drug-likeness (QED) is 0.406. The van der Waals surface area contributed by atoms with Gasteiger partial charge in [-0.1, -0.05) is 0 Å². The summed E-state index contributed by atoms with van der Waals surface area (Å²) in [7, 11) is 0. The molecule has 0 radical (unpaired) electrons. The molecule has 1 saturated carbocycles. The van der Waals surface area contributed by atoms with Crippen LogP contribution in [0.1, 0.15) is 84.1 Å². The highest BCUT2D eigenvalue weighted by Crippen LogP contribution is 2.42. The lowest BCUT2D eigenvalue weighted by atomic mass is 10.0. The van der Waals surface area contributed by atoms with Crippen LogP contribution in [0.25, 0.3) is 10.4 Å². The maximum Gasteiger partial charge on any atom is 0.408 e. The molecule has 3 N–H and O–H groups in total. The molecule has 2 aliphatic heterocycles. The summed E-state index contributed by atoms with van der Waals surface area (Å²) in [6.45, 7) is 0.843. The van der Waals surface area contributed by atoms with Crippen molar-refractivity contribution in [1.29, 1.82) is 0 Å². The van der Waals surface area contributed by atoms with Gasteiger partial charge in [0.15, 0.2) is 5.01 Å². The highest BCUT2D eigenvalue weighted by Gasteiger charge is 2.44. The average Bonchev–Trinajstić information content (AvgIpc) is 3.67. The minimum atomic E-state index is -4.62. The number of alkyl halides is 5. The number of rotatable bonds is 7. The van der Waals surface area contributed by atoms with Gasteiger partial charge in [-0.2, -0.15) is 13.2 Å². The zero-order chi connectivity index (χ0) is 28.1. The van der Waals surface area contributed by atoms with Crippen molar-refractivity contribution < 1.29 is 36.6 Å². The largest absolute Gasteiger partial charge is 0.408 e. The summed E-state index contributed by atoms with van der Waals surface area (Å²) >= 11 is 0.764. The molecule has 0 unspecified atom stereocenters. The first kappa shape index (κ1) is 27.7. The maximum atomic E-state index is 14.2. The van der Waals surface area contributed by atoms with E-state index in [2.05, 4.69) is 20.6 Å². The summed E-state index contributed by atoms with van der Waals surface area (Å²) in [5.74, 6) is -1.45. The van der Waals surface area contributed by atoms with Crippen molar-refractivity contribution in [3.8, 4) is 10.4 Å². The number of nitrogens with one attached hydrogen (secondary N) is 2. The molecule has 3 atom stereocenters. The summed E-state index contributed by atoms with van der Waals surface area (Å²) in [4.78, 5) is 36.7. The summed E-state index contributed by atoms with van der Waals surface area (Å²) in [6, 6.07) is -1.46. The number of aromatic nitrogens is 2. The van der Waals surface area contributed by atoms with E-state index in [4.69, 9.17) is 0 Å². The van der Waals surface area contributed by atoms with Crippen molar-refractivity contribution in [1.82, 2.24) is 20.2 Å². The Labute approximate surface area is 225 Å². The summed E-state index contributed by atoms with van der Waals surface area (Å²) in [5, 5.41) is 14.5. The second-order valence-corrected chi connectivity index (χ2v) is 11.4. The van der Waals surface area contributed by atoms with Crippen LogP contribution in [-0.4, -0.2) is 68.2 Å². The third kappa shape index (κ3) is 5.58. The first-order chi connectivity index (χ1) is 18.4. The predicted octanol–water partition coefficient (Wildman–Crippen LogP) is 4.92. The van der Waals surface area contributed by atoms with Crippen molar-refractivity contribution in [3.05, 3.63) is 28.5 Å². The first-order valence-corrected chi connectivity index (χ1v) is 13.7. The Balaban J connectivity index is 1.52. The van der Waals surface area contributed by atoms with E-state index in [1.54, 1.807) is 4.90 Å². The third-order valence-corrected chi connectivity index (χ3v) is 8.81. The Morgan fingerprint density at radius 1 is 1.13 bits per heavy atom. The Kier molecular flexibility index (Phi) is 7.53. The molecule has 212 valence electrons. The van der Waals surface area contributed by atoms with Crippen LogP contribution in [0.5, 0.6) is 0 Å². The fourth-order valence-electron chi connectivity index (χ4n) is 5.67. The van der Waals surface area contributed by atoms with Crippen LogP contribution < -0.4 is 10.6 Å². The number of amides is 2. The van der Waals surface area contributed by atoms with Crippen LogP contribution in [-0.2, 0) is 0 Å². The van der Waals surface area contributed by atoms with Gasteiger partial charge in [0, 0.05) is 35.4 Å². The van der Waals surface area contributed by atoms with Crippen molar-refractivity contribution in [2.75, 3.05) is 5.32 Å². The SMILES string of the molecule is C[C@H](Nc1cc(C(F)F)c(-c2sc(C(=O)N[C@H]3CC[C@H](O)C3)nc2C(=O)N2C3CCC2CC3)cn1)C(F)(F)F. The van der Waals surface area contributed by atoms with E-state index < -0.39 is 47.9 Å². The molecule has 5 rings (SSSR count). The highest BCUT2D eigenvalue weighted by molar-refractivity contribution is 7.17. The van der Waals surface area contributed by atoms with Gasteiger partial charge in [-0.15, -0.1) is 11.3 Å². The van der Waals surface area contributed by atoms with E-state index in [9.17, 15) is 36.6 Å². The van der Waals surface area contributed by atoms with Gasteiger partial charge in [0.25, 0.3) is 18.2 Å². The number of carbonyl (C=O) groups is 2. The number of fused-ring (bicyclic) bond motifs is 2. The molecule has 4 heterocycles. The van der Waals surface area contributed by atoms with Crippen LogP contribution in [0, 0.1) is 0 Å². The third-order valence-electron chi connectivity index (χ3n) is 7.72. The number of pyridine rings is 1. The van der Waals surface area contributed by atoms with Gasteiger partial charge in [-0.3, -0.25) is 9.59 Å². The summed E-state index contributed by atoms with van der Waals surface area (Å²) in [5.41, 5.74) is -0.948. The minimum Gasteiger partial charge on any atom is -0.393 e. The molecule has 2 aromatic heterocycles. The number of aliphatic hydroxyl groups is 1. The van der Waals surface area contributed by atoms with Crippen LogP contribution in [0.3, 0.4) is 0 Å². The van der Waals surface area contributed by atoms with E-state index >= 15 is 0 Å². The van der Waals surface area contributed by atoms with E-state index in [0.717, 1.165) is 56.2 Å². The zero-order valence-corrected chi connectivity index (χ0v) is 21.8. The minimum absolute atomic E-state index is 0.0115. The van der Waals surface area contributed by atoms with Gasteiger partial charge >= 0.3 is 6.18 Å². The highest BCUT2D eigenvalue weighted by atomic mass is 32.1. The number of anilines is 1. The Hall–Kier alpha value is -2.87. The molecule has 39 heavy (non-hydrogen) atoms. The maximum absolute atomic E-state index is 14.2. The van der Waals surface area contributed by atoms with Gasteiger partial charge < -0.3 is 20.6 Å². The average molecular weight is 574 g/mol. The zero-order valence-electron chi connectivity index (χ0n) is 21.0. The van der Waals surface area contributed by atoms with Crippen molar-refractivity contribution >= 4 is 29.0 Å². The number of thiazole rings is 1. The second-order valence-electron chi connectivity index (χ2n) is 10.4. The molecule has 8 nitrogen and oxygen atoms in total. The number of halogens is 5. The molecular formula is C25H28F5N5O3S. The molecule has 3 fully saturated rings. The van der Waals surface area contributed by atoms with Crippen LogP contribution in [0.2, 0.25) is 0 Å². The molecule has 2 bridgehead atoms. The molecule has 1 aliphatic carbocycles. The number of nitrogens with zero attached hydrogens (tertiary/aromatic N) is 3. The lowest BCUT2D eigenvalue weighted by Gasteiger charge is -2.22. The second kappa shape index (κ2) is 10.6. The monoisotopic (exact) mass is 573 g/mol. The van der Waals surface area contributed by atoms with Gasteiger partial charge in [-0.25, -0.2) is 18.7 Å². The number of hydrogen-bond donors (Lipinski definition) is 3. The predicted molar refractivity (Wildman–Crippen MR) is 133 cm³/mol. The van der Waals surface area contributed by atoms with E-state index in [-0.39, 0.29) is 39.3 Å². The first-order valence-electron chi connectivity index (χ1n) is 12.9. The van der Waals surface area contributed by atoms with Crippen LogP contribution >= 0.6 is 11.3 Å². The van der Waals surface area contributed by atoms with Crippen LogP contribution in [0.15, 0.2) is 12.3 Å². The Morgan fingerprint density at radius 2 is 1.79 bits per heavy atom. The standard InChI is InChI=1S/C25H28F5N5O3S/c1-11(25(28,29)30)32-18-9-16(21(26)27)17(10-31-18)20-19(24(38)35-13-3-4-14(35)6-5-13)34-23(39-20)22(37)33-12-2-7-15(36)8-12/h9-15,21,36H,2-8H2,1H3,(H,31,32)(H,33,37)/t11-,12-,13?,14?,15-/m0/s1. The van der Waals surface area contributed by atoms with Gasteiger partial charge in [-0.05, 0) is 57.9 Å². The van der Waals surface area contributed by atoms with Crippen molar-refractivity contribution in [2.45, 2.75) is 94.7 Å². The van der Waals surface area contributed by atoms with Gasteiger partial charge in [0.05, 0.1) is 11.0 Å². The summed E-state index contributed by atoms with van der Waals surface area (Å²) in [6.07, 6.45) is -2.47. The molecule has 2 saturated heterocycles. The van der Waals surface area contributed by atoms with Gasteiger partial charge in [0.1, 0.15) is 17.6 Å². The topological polar surface area (TPSA) is 107 Å². The molecule has 2 aromatic rings. The molecule has 3 aliphatic rings. The lowest BCUT2D eigenvalue weighted by Crippen LogP contribution is -2.36. The normalized spacial score (nSPS) is 25.4. The van der Waals surface area contributed by atoms with Crippen LogP contribution in [0.4, 0.5) is 27.8 Å². The molecule has 14 heteroatoms. The number of hydrogen-bond acceptors (Lipinski definition) is 7. The molecule has 0 aromatic carbocycles. The number of carbonyl (C=O) groups excluding carboxylic acids is 2. The molecule has 2 amide bonds. The van der Waals surface area contributed by atoms with Gasteiger partial charge in [0.2, 0.25) is 0 Å². The van der Waals surface area contributed by atoms with E-state index in [1.807, 2.05) is 0 Å². The van der Waals surface area contributed by atoms with Crippen molar-refractivity contribution in [3.63, 3.8) is 0 Å². The Morgan fingerprint density at radius 3 is 2.36 bits per heavy atom. The lowest BCUT2D eigenvalue weighted by molar-refractivity contribution is -0.138. The molecule has 0 spiro atoms. The molecular weight excluding hydrogens is 545 g/mol. The fourth-order valence-corrected chi connectivity index (χ4v) is 6.66. The summed E-state index contributed by atoms with van der Waals surface area (Å²) < 4.78 is 67.4. The Bertz CT molecular complexity index is 1240. The van der Waals surface area contributed by atoms with E-state index in [1.165, 1.54) is 0 Å².